The maximum Gasteiger partial charge on any atom is 0.338 e. The molecule has 0 saturated carbocycles. The van der Waals surface area contributed by atoms with Crippen LogP contribution in [0.25, 0.3) is 21.8 Å². The molecular formula is C45H48N2O8. The van der Waals surface area contributed by atoms with Gasteiger partial charge in [-0.05, 0) is 73.2 Å². The van der Waals surface area contributed by atoms with Gasteiger partial charge in [-0.15, -0.1) is 0 Å². The van der Waals surface area contributed by atoms with E-state index in [2.05, 4.69) is 16.0 Å². The molecule has 2 heterocycles. The number of hydrogen-bond donors (Lipinski definition) is 1. The molecule has 0 unspecified atom stereocenters. The van der Waals surface area contributed by atoms with Crippen molar-refractivity contribution in [1.29, 1.82) is 0 Å². The zero-order valence-electron chi connectivity index (χ0n) is 31.7. The molecule has 2 aromatic heterocycles. The normalized spacial score (nSPS) is 11.0. The molecule has 6 rings (SSSR count). The Morgan fingerprint density at radius 2 is 0.964 bits per heavy atom. The summed E-state index contributed by atoms with van der Waals surface area (Å²) in [5.41, 5.74) is 7.86. The number of ether oxygens (including phenoxy) is 5. The van der Waals surface area contributed by atoms with Crippen LogP contribution in [0.2, 0.25) is 0 Å². The van der Waals surface area contributed by atoms with E-state index in [0.29, 0.717) is 62.9 Å². The first-order chi connectivity index (χ1) is 26.8. The summed E-state index contributed by atoms with van der Waals surface area (Å²) >= 11 is 0. The second-order valence-corrected chi connectivity index (χ2v) is 12.9. The number of methoxy groups -OCH3 is 1. The Morgan fingerprint density at radius 1 is 0.527 bits per heavy atom. The van der Waals surface area contributed by atoms with Crippen LogP contribution < -0.4 is 0 Å². The lowest BCUT2D eigenvalue weighted by atomic mass is 10.0. The predicted molar refractivity (Wildman–Crippen MR) is 212 cm³/mol. The van der Waals surface area contributed by atoms with Crippen LogP contribution in [0.15, 0.2) is 109 Å². The Bertz CT molecular complexity index is 2170. The fourth-order valence-electron chi connectivity index (χ4n) is 6.02. The number of esters is 1. The minimum Gasteiger partial charge on any atom is -0.478 e. The molecule has 0 aliphatic heterocycles. The lowest BCUT2D eigenvalue weighted by Crippen LogP contribution is -2.10. The lowest BCUT2D eigenvalue weighted by molar-refractivity contribution is 0.0575. The molecule has 0 radical (unpaired) electrons. The topological polar surface area (TPSA) is 126 Å². The van der Waals surface area contributed by atoms with Crippen LogP contribution in [0, 0.1) is 13.8 Å². The van der Waals surface area contributed by atoms with E-state index in [9.17, 15) is 14.7 Å². The number of aromatic carboxylic acids is 1. The van der Waals surface area contributed by atoms with E-state index in [1.54, 1.807) is 19.1 Å². The van der Waals surface area contributed by atoms with Crippen LogP contribution in [0.4, 0.5) is 0 Å². The van der Waals surface area contributed by atoms with Crippen LogP contribution in [-0.2, 0) is 50.1 Å². The third-order valence-corrected chi connectivity index (χ3v) is 8.80. The van der Waals surface area contributed by atoms with Crippen LogP contribution in [0.3, 0.4) is 0 Å². The van der Waals surface area contributed by atoms with E-state index in [-0.39, 0.29) is 12.6 Å². The number of carbonyl (C=O) groups excluding carboxylic acids is 1. The Kier molecular flexibility index (Phi) is 15.8. The minimum atomic E-state index is -0.919. The molecule has 0 aliphatic carbocycles. The molecule has 55 heavy (non-hydrogen) atoms. The number of pyridine rings is 2. The number of rotatable bonds is 18. The summed E-state index contributed by atoms with van der Waals surface area (Å²) in [4.78, 5) is 32.5. The fourth-order valence-corrected chi connectivity index (χ4v) is 6.02. The summed E-state index contributed by atoms with van der Waals surface area (Å²) in [7, 11) is 1.39. The number of aryl methyl sites for hydroxylation is 2. The molecule has 10 heteroatoms. The number of fused-ring (bicyclic) bond motifs is 2. The summed E-state index contributed by atoms with van der Waals surface area (Å²) in [6.45, 7) is 7.51. The van der Waals surface area contributed by atoms with Crippen molar-refractivity contribution in [1.82, 2.24) is 9.97 Å². The maximum absolute atomic E-state index is 11.9. The fraction of sp³-hybridized carbons (Fsp3) is 0.289. The molecule has 0 fully saturated rings. The second kappa shape index (κ2) is 21.4. The molecular weight excluding hydrogens is 697 g/mol. The van der Waals surface area contributed by atoms with Gasteiger partial charge in [0.05, 0.1) is 67.1 Å². The van der Waals surface area contributed by atoms with Crippen molar-refractivity contribution in [3.8, 4) is 0 Å². The third kappa shape index (κ3) is 12.2. The highest BCUT2D eigenvalue weighted by atomic mass is 16.5. The molecule has 0 amide bonds. The van der Waals surface area contributed by atoms with Crippen molar-refractivity contribution < 1.29 is 38.4 Å². The summed E-state index contributed by atoms with van der Waals surface area (Å²) in [6, 6.07) is 35.2. The highest BCUT2D eigenvalue weighted by Crippen LogP contribution is 2.18. The van der Waals surface area contributed by atoms with Crippen molar-refractivity contribution in [3.63, 3.8) is 0 Å². The number of hydrogen-bond acceptors (Lipinski definition) is 9. The first-order valence-electron chi connectivity index (χ1n) is 18.3. The predicted octanol–water partition coefficient (Wildman–Crippen LogP) is 8.82. The van der Waals surface area contributed by atoms with Crippen LogP contribution in [0.1, 0.15) is 67.2 Å². The van der Waals surface area contributed by atoms with Crippen molar-refractivity contribution in [3.05, 3.63) is 154 Å². The standard InChI is InChI=1S/C23H25NO4.C22H23NO4/c1-17-7-5-9-19(22(17)23(25)26-2)15-27-13-6-14-28-16-20-12-11-18-8-3-4-10-21(18)24-20;1-16-6-4-8-18(21(16)22(24)25)14-26-12-5-13-27-15-19-11-10-17-7-2-3-9-20(17)23-19/h3-5,7-12H,6,13-16H2,1-2H3;2-4,6-11H,5,12-15H2,1H3,(H,24,25). The average molecular weight is 745 g/mol. The van der Waals surface area contributed by atoms with Gasteiger partial charge in [0.25, 0.3) is 0 Å². The number of carbonyl (C=O) groups is 2. The summed E-state index contributed by atoms with van der Waals surface area (Å²) in [6.07, 6.45) is 1.51. The number of para-hydroxylation sites is 2. The van der Waals surface area contributed by atoms with Gasteiger partial charge in [-0.3, -0.25) is 9.97 Å². The zero-order valence-corrected chi connectivity index (χ0v) is 31.7. The number of carboxylic acid groups (broad SMARTS) is 1. The van der Waals surface area contributed by atoms with Crippen LogP contribution >= 0.6 is 0 Å². The van der Waals surface area contributed by atoms with Crippen LogP contribution in [0.5, 0.6) is 0 Å². The molecule has 0 saturated heterocycles. The van der Waals surface area contributed by atoms with E-state index in [1.807, 2.05) is 97.9 Å². The smallest absolute Gasteiger partial charge is 0.338 e. The van der Waals surface area contributed by atoms with Crippen molar-refractivity contribution in [2.75, 3.05) is 33.5 Å². The van der Waals surface area contributed by atoms with E-state index in [0.717, 1.165) is 62.7 Å². The molecule has 1 N–H and O–H groups in total. The molecule has 286 valence electrons. The van der Waals surface area contributed by atoms with E-state index >= 15 is 0 Å². The zero-order chi connectivity index (χ0) is 38.8. The highest BCUT2D eigenvalue weighted by Gasteiger charge is 2.15. The van der Waals surface area contributed by atoms with Gasteiger partial charge in [-0.25, -0.2) is 9.59 Å². The Hall–Kier alpha value is -5.52. The number of carboxylic acids is 1. The van der Waals surface area contributed by atoms with Gasteiger partial charge < -0.3 is 28.8 Å². The second-order valence-electron chi connectivity index (χ2n) is 12.9. The molecule has 0 spiro atoms. The van der Waals surface area contributed by atoms with Gasteiger partial charge >= 0.3 is 11.9 Å². The summed E-state index contributed by atoms with van der Waals surface area (Å²) in [5.74, 6) is -1.25. The van der Waals surface area contributed by atoms with Crippen molar-refractivity contribution in [2.45, 2.75) is 53.1 Å². The molecule has 4 aromatic carbocycles. The molecule has 0 atom stereocenters. The summed E-state index contributed by atoms with van der Waals surface area (Å²) < 4.78 is 27.6. The molecule has 6 aromatic rings. The minimum absolute atomic E-state index is 0.287. The largest absolute Gasteiger partial charge is 0.478 e. The summed E-state index contributed by atoms with van der Waals surface area (Å²) in [5, 5.41) is 11.6. The maximum atomic E-state index is 11.9. The molecule has 0 bridgehead atoms. The van der Waals surface area contributed by atoms with E-state index in [1.165, 1.54) is 7.11 Å². The average Bonchev–Trinajstić information content (AvgIpc) is 3.20. The van der Waals surface area contributed by atoms with Crippen molar-refractivity contribution >= 4 is 33.7 Å². The Balaban J connectivity index is 0.000000211. The first kappa shape index (κ1) is 40.7. The number of nitrogens with zero attached hydrogens (tertiary/aromatic N) is 2. The van der Waals surface area contributed by atoms with Gasteiger partial charge in [0.1, 0.15) is 0 Å². The Morgan fingerprint density at radius 3 is 1.44 bits per heavy atom. The lowest BCUT2D eigenvalue weighted by Gasteiger charge is -2.11. The number of benzene rings is 4. The van der Waals surface area contributed by atoms with Gasteiger partial charge in [0, 0.05) is 37.2 Å². The highest BCUT2D eigenvalue weighted by molar-refractivity contribution is 5.92. The van der Waals surface area contributed by atoms with E-state index in [4.69, 9.17) is 23.7 Å². The SMILES string of the molecule is COC(=O)c1c(C)cccc1COCCCOCc1ccc2ccccc2n1.Cc1cccc(COCCCOCc2ccc3ccccc3n2)c1C(=O)O. The van der Waals surface area contributed by atoms with Gasteiger partial charge in [-0.1, -0.05) is 84.9 Å². The quantitative estimate of drug-likeness (QED) is 0.0674. The van der Waals surface area contributed by atoms with Crippen molar-refractivity contribution in [2.24, 2.45) is 0 Å². The monoisotopic (exact) mass is 744 g/mol. The van der Waals surface area contributed by atoms with Crippen LogP contribution in [-0.4, -0.2) is 60.6 Å². The van der Waals surface area contributed by atoms with E-state index < -0.39 is 5.97 Å². The third-order valence-electron chi connectivity index (χ3n) is 8.80. The molecule has 0 aliphatic rings. The first-order valence-corrected chi connectivity index (χ1v) is 18.3. The number of aromatic nitrogens is 2. The molecule has 10 nitrogen and oxygen atoms in total. The Labute approximate surface area is 322 Å². The van der Waals surface area contributed by atoms with Gasteiger partial charge in [0.2, 0.25) is 0 Å². The van der Waals surface area contributed by atoms with Gasteiger partial charge in [-0.2, -0.15) is 0 Å². The van der Waals surface area contributed by atoms with Gasteiger partial charge in [0.15, 0.2) is 0 Å².